The lowest BCUT2D eigenvalue weighted by molar-refractivity contribution is 0.102. The van der Waals surface area contributed by atoms with Gasteiger partial charge in [0, 0.05) is 16.8 Å². The van der Waals surface area contributed by atoms with Gasteiger partial charge in [-0.1, -0.05) is 29.8 Å². The molecule has 0 atom stereocenters. The molecule has 0 aliphatic heterocycles. The van der Waals surface area contributed by atoms with Crippen LogP contribution in [0.2, 0.25) is 5.02 Å². The van der Waals surface area contributed by atoms with Crippen molar-refractivity contribution in [1.82, 2.24) is 9.97 Å². The Hall–Kier alpha value is -3.12. The number of aromatic nitrogens is 2. The first kappa shape index (κ1) is 17.7. The summed E-state index contributed by atoms with van der Waals surface area (Å²) in [5, 5.41) is 6.54. The molecular formula is C19H17ClN4O2. The Bertz CT molecular complexity index is 946. The number of para-hydroxylation sites is 2. The third-order valence-corrected chi connectivity index (χ3v) is 3.76. The topological polar surface area (TPSA) is 76.1 Å². The lowest BCUT2D eigenvalue weighted by Crippen LogP contribution is -2.16. The van der Waals surface area contributed by atoms with Crippen LogP contribution in [0.15, 0.2) is 54.6 Å². The van der Waals surface area contributed by atoms with E-state index in [0.29, 0.717) is 28.1 Å². The fourth-order valence-electron chi connectivity index (χ4n) is 2.40. The van der Waals surface area contributed by atoms with Crippen LogP contribution in [0.4, 0.5) is 17.2 Å². The lowest BCUT2D eigenvalue weighted by Gasteiger charge is -2.11. The standard InChI is InChI=1S/C19H17ClN4O2/c1-12-21-16(19(25)24-15-8-3-4-9-17(15)26-2)11-18(22-12)23-14-7-5-6-13(20)10-14/h3-11H,1-2H3,(H,24,25)(H,21,22,23). The average molecular weight is 369 g/mol. The first-order valence-corrected chi connectivity index (χ1v) is 8.25. The van der Waals surface area contributed by atoms with Gasteiger partial charge in [-0.2, -0.15) is 0 Å². The molecule has 132 valence electrons. The van der Waals surface area contributed by atoms with Crippen molar-refractivity contribution in [3.63, 3.8) is 0 Å². The Morgan fingerprint density at radius 1 is 1.08 bits per heavy atom. The molecule has 3 rings (SSSR count). The minimum absolute atomic E-state index is 0.243. The van der Waals surface area contributed by atoms with Crippen molar-refractivity contribution in [3.05, 3.63) is 71.1 Å². The molecule has 0 bridgehead atoms. The predicted molar refractivity (Wildman–Crippen MR) is 102 cm³/mol. The largest absolute Gasteiger partial charge is 0.495 e. The molecule has 6 nitrogen and oxygen atoms in total. The van der Waals surface area contributed by atoms with E-state index in [1.54, 1.807) is 44.4 Å². The quantitative estimate of drug-likeness (QED) is 0.696. The highest BCUT2D eigenvalue weighted by molar-refractivity contribution is 6.30. The Labute approximate surface area is 156 Å². The van der Waals surface area contributed by atoms with Crippen molar-refractivity contribution < 1.29 is 9.53 Å². The molecule has 0 saturated carbocycles. The summed E-state index contributed by atoms with van der Waals surface area (Å²) in [6.07, 6.45) is 0. The molecule has 26 heavy (non-hydrogen) atoms. The van der Waals surface area contributed by atoms with E-state index in [4.69, 9.17) is 16.3 Å². The van der Waals surface area contributed by atoms with Gasteiger partial charge < -0.3 is 15.4 Å². The first-order valence-electron chi connectivity index (χ1n) is 7.88. The number of aryl methyl sites for hydroxylation is 1. The number of rotatable bonds is 5. The lowest BCUT2D eigenvalue weighted by atomic mass is 10.2. The van der Waals surface area contributed by atoms with Crippen LogP contribution in [-0.4, -0.2) is 23.0 Å². The van der Waals surface area contributed by atoms with Crippen LogP contribution in [0.3, 0.4) is 0 Å². The third kappa shape index (κ3) is 4.29. The predicted octanol–water partition coefficient (Wildman–Crippen LogP) is 4.44. The number of ether oxygens (including phenoxy) is 1. The minimum Gasteiger partial charge on any atom is -0.495 e. The van der Waals surface area contributed by atoms with E-state index in [2.05, 4.69) is 20.6 Å². The van der Waals surface area contributed by atoms with Crippen LogP contribution >= 0.6 is 11.6 Å². The van der Waals surface area contributed by atoms with E-state index in [9.17, 15) is 4.79 Å². The van der Waals surface area contributed by atoms with Gasteiger partial charge in [-0.25, -0.2) is 9.97 Å². The number of carbonyl (C=O) groups is 1. The van der Waals surface area contributed by atoms with Gasteiger partial charge in [0.1, 0.15) is 23.1 Å². The number of nitrogens with one attached hydrogen (secondary N) is 2. The number of nitrogens with zero attached hydrogens (tertiary/aromatic N) is 2. The van der Waals surface area contributed by atoms with E-state index in [1.807, 2.05) is 24.3 Å². The number of benzene rings is 2. The molecule has 1 aromatic heterocycles. The van der Waals surface area contributed by atoms with Gasteiger partial charge in [0.15, 0.2) is 0 Å². The number of carbonyl (C=O) groups excluding carboxylic acids is 1. The summed E-state index contributed by atoms with van der Waals surface area (Å²) in [6, 6.07) is 16.0. The normalized spacial score (nSPS) is 10.3. The molecule has 0 aliphatic carbocycles. The molecule has 2 N–H and O–H groups in total. The van der Waals surface area contributed by atoms with Crippen molar-refractivity contribution in [2.75, 3.05) is 17.7 Å². The summed E-state index contributed by atoms with van der Waals surface area (Å²) in [5.41, 5.74) is 1.58. The highest BCUT2D eigenvalue weighted by Crippen LogP contribution is 2.24. The monoisotopic (exact) mass is 368 g/mol. The van der Waals surface area contributed by atoms with E-state index in [0.717, 1.165) is 5.69 Å². The van der Waals surface area contributed by atoms with E-state index in [1.165, 1.54) is 0 Å². The van der Waals surface area contributed by atoms with Crippen molar-refractivity contribution >= 4 is 34.7 Å². The summed E-state index contributed by atoms with van der Waals surface area (Å²) in [6.45, 7) is 1.73. The molecule has 1 amide bonds. The van der Waals surface area contributed by atoms with Gasteiger partial charge in [-0.15, -0.1) is 0 Å². The maximum Gasteiger partial charge on any atom is 0.274 e. The van der Waals surface area contributed by atoms with E-state index >= 15 is 0 Å². The Morgan fingerprint density at radius 2 is 1.88 bits per heavy atom. The highest BCUT2D eigenvalue weighted by atomic mass is 35.5. The molecule has 0 unspecified atom stereocenters. The summed E-state index contributed by atoms with van der Waals surface area (Å²) in [4.78, 5) is 21.1. The van der Waals surface area contributed by atoms with Crippen molar-refractivity contribution in [1.29, 1.82) is 0 Å². The molecule has 0 fully saturated rings. The summed E-state index contributed by atoms with van der Waals surface area (Å²) < 4.78 is 5.25. The Morgan fingerprint density at radius 3 is 2.65 bits per heavy atom. The zero-order valence-corrected chi connectivity index (χ0v) is 15.0. The van der Waals surface area contributed by atoms with Crippen LogP contribution in [0, 0.1) is 6.92 Å². The summed E-state index contributed by atoms with van der Waals surface area (Å²) in [5.74, 6) is 1.20. The number of amides is 1. The van der Waals surface area contributed by atoms with E-state index in [-0.39, 0.29) is 11.6 Å². The second kappa shape index (κ2) is 7.84. The van der Waals surface area contributed by atoms with E-state index < -0.39 is 0 Å². The molecule has 1 heterocycles. The molecule has 0 radical (unpaired) electrons. The fraction of sp³-hybridized carbons (Fsp3) is 0.105. The van der Waals surface area contributed by atoms with Gasteiger partial charge in [0.05, 0.1) is 12.8 Å². The summed E-state index contributed by atoms with van der Waals surface area (Å²) >= 11 is 5.99. The van der Waals surface area contributed by atoms with Gasteiger partial charge in [0.25, 0.3) is 5.91 Å². The molecule has 0 spiro atoms. The fourth-order valence-corrected chi connectivity index (χ4v) is 2.59. The van der Waals surface area contributed by atoms with Crippen LogP contribution in [0.5, 0.6) is 5.75 Å². The number of halogens is 1. The Kier molecular flexibility index (Phi) is 5.34. The molecular weight excluding hydrogens is 352 g/mol. The third-order valence-electron chi connectivity index (χ3n) is 3.52. The minimum atomic E-state index is -0.353. The van der Waals surface area contributed by atoms with Crippen LogP contribution < -0.4 is 15.4 Å². The van der Waals surface area contributed by atoms with Crippen LogP contribution in [0.25, 0.3) is 0 Å². The molecule has 3 aromatic rings. The van der Waals surface area contributed by atoms with Gasteiger partial charge in [-0.3, -0.25) is 4.79 Å². The zero-order valence-electron chi connectivity index (χ0n) is 14.3. The van der Waals surface area contributed by atoms with Crippen LogP contribution in [0.1, 0.15) is 16.3 Å². The maximum atomic E-state index is 12.6. The second-order valence-corrected chi connectivity index (χ2v) is 5.91. The summed E-state index contributed by atoms with van der Waals surface area (Å²) in [7, 11) is 1.55. The maximum absolute atomic E-state index is 12.6. The number of methoxy groups -OCH3 is 1. The van der Waals surface area contributed by atoms with Crippen molar-refractivity contribution in [2.45, 2.75) is 6.92 Å². The van der Waals surface area contributed by atoms with Crippen LogP contribution in [-0.2, 0) is 0 Å². The number of anilines is 3. The zero-order chi connectivity index (χ0) is 18.5. The molecule has 2 aromatic carbocycles. The number of hydrogen-bond donors (Lipinski definition) is 2. The van der Waals surface area contributed by atoms with Gasteiger partial charge in [0.2, 0.25) is 0 Å². The molecule has 0 aliphatic rings. The highest BCUT2D eigenvalue weighted by Gasteiger charge is 2.13. The smallest absolute Gasteiger partial charge is 0.274 e. The Balaban J connectivity index is 1.83. The SMILES string of the molecule is COc1ccccc1NC(=O)c1cc(Nc2cccc(Cl)c2)nc(C)n1. The second-order valence-electron chi connectivity index (χ2n) is 5.48. The number of hydrogen-bond acceptors (Lipinski definition) is 5. The average Bonchev–Trinajstić information content (AvgIpc) is 2.61. The van der Waals surface area contributed by atoms with Gasteiger partial charge in [-0.05, 0) is 37.3 Å². The molecule has 7 heteroatoms. The first-order chi connectivity index (χ1) is 12.5. The van der Waals surface area contributed by atoms with Gasteiger partial charge >= 0.3 is 0 Å². The molecule has 0 saturated heterocycles. The van der Waals surface area contributed by atoms with Crippen molar-refractivity contribution in [2.24, 2.45) is 0 Å². The van der Waals surface area contributed by atoms with Crippen molar-refractivity contribution in [3.8, 4) is 5.75 Å².